The zero-order valence-electron chi connectivity index (χ0n) is 11.0. The van der Waals surface area contributed by atoms with Crippen LogP contribution < -0.4 is 10.6 Å². The topological polar surface area (TPSA) is 52.7 Å². The molecule has 0 bridgehead atoms. The second kappa shape index (κ2) is 6.17. The minimum atomic E-state index is 0.492. The summed E-state index contributed by atoms with van der Waals surface area (Å²) < 4.78 is 0. The first kappa shape index (κ1) is 12.6. The van der Waals surface area contributed by atoms with Crippen molar-refractivity contribution in [2.45, 2.75) is 52.1 Å². The monoisotopic (exact) mass is 236 g/mol. The van der Waals surface area contributed by atoms with E-state index in [0.717, 1.165) is 19.6 Å². The third kappa shape index (κ3) is 3.30. The second-order valence-corrected chi connectivity index (χ2v) is 4.92. The van der Waals surface area contributed by atoms with Crippen molar-refractivity contribution in [3.05, 3.63) is 17.0 Å². The number of likely N-dealkylation sites (N-methyl/N-ethyl adjacent to an activating group) is 1. The molecule has 0 saturated heterocycles. The van der Waals surface area contributed by atoms with E-state index in [1.54, 1.807) is 0 Å². The van der Waals surface area contributed by atoms with E-state index in [-0.39, 0.29) is 0 Å². The normalized spacial score (nSPS) is 16.8. The molecular formula is C13H24N4. The van der Waals surface area contributed by atoms with Gasteiger partial charge in [0.15, 0.2) is 0 Å². The molecule has 0 saturated carbocycles. The number of nitrogens with one attached hydrogen (secondary N) is 3. The van der Waals surface area contributed by atoms with Crippen LogP contribution in [0.3, 0.4) is 0 Å². The SMILES string of the molecule is CCNCC(C)NCc1n[nH]c2c1CCCC2. The van der Waals surface area contributed by atoms with Gasteiger partial charge in [0.05, 0.1) is 5.69 Å². The highest BCUT2D eigenvalue weighted by atomic mass is 15.1. The number of hydrogen-bond acceptors (Lipinski definition) is 3. The molecule has 3 N–H and O–H groups in total. The summed E-state index contributed by atoms with van der Waals surface area (Å²) in [5.74, 6) is 0. The third-order valence-electron chi connectivity index (χ3n) is 3.46. The van der Waals surface area contributed by atoms with Gasteiger partial charge in [-0.25, -0.2) is 0 Å². The molecule has 0 aromatic carbocycles. The van der Waals surface area contributed by atoms with Crippen LogP contribution in [0.15, 0.2) is 0 Å². The summed E-state index contributed by atoms with van der Waals surface area (Å²) in [6.07, 6.45) is 4.99. The van der Waals surface area contributed by atoms with Gasteiger partial charge in [-0.1, -0.05) is 6.92 Å². The van der Waals surface area contributed by atoms with E-state index < -0.39 is 0 Å². The molecule has 96 valence electrons. The molecule has 0 spiro atoms. The van der Waals surface area contributed by atoms with E-state index in [1.165, 1.54) is 42.6 Å². The lowest BCUT2D eigenvalue weighted by Gasteiger charge is -2.15. The van der Waals surface area contributed by atoms with Crippen LogP contribution in [0, 0.1) is 0 Å². The number of hydrogen-bond donors (Lipinski definition) is 3. The average molecular weight is 236 g/mol. The Morgan fingerprint density at radius 1 is 1.35 bits per heavy atom. The zero-order chi connectivity index (χ0) is 12.1. The molecule has 1 aliphatic carbocycles. The van der Waals surface area contributed by atoms with Crippen LogP contribution in [0.25, 0.3) is 0 Å². The Hall–Kier alpha value is -0.870. The first-order valence-corrected chi connectivity index (χ1v) is 6.80. The van der Waals surface area contributed by atoms with Crippen molar-refractivity contribution >= 4 is 0 Å². The quantitative estimate of drug-likeness (QED) is 0.699. The lowest BCUT2D eigenvalue weighted by atomic mass is 9.96. The summed E-state index contributed by atoms with van der Waals surface area (Å²) in [7, 11) is 0. The van der Waals surface area contributed by atoms with Crippen LogP contribution in [-0.4, -0.2) is 29.3 Å². The lowest BCUT2D eigenvalue weighted by Crippen LogP contribution is -2.36. The standard InChI is InChI=1S/C13H24N4/c1-3-14-8-10(2)15-9-13-11-6-4-5-7-12(11)16-17-13/h10,14-15H,3-9H2,1-2H3,(H,16,17). The van der Waals surface area contributed by atoms with Gasteiger partial charge in [0, 0.05) is 24.8 Å². The van der Waals surface area contributed by atoms with Crippen LogP contribution in [-0.2, 0) is 19.4 Å². The number of aromatic amines is 1. The van der Waals surface area contributed by atoms with Gasteiger partial charge in [-0.3, -0.25) is 5.10 Å². The average Bonchev–Trinajstić information content (AvgIpc) is 2.77. The number of fused-ring (bicyclic) bond motifs is 1. The van der Waals surface area contributed by atoms with Crippen molar-refractivity contribution in [2.24, 2.45) is 0 Å². The third-order valence-corrected chi connectivity index (χ3v) is 3.46. The highest BCUT2D eigenvalue weighted by Gasteiger charge is 2.16. The predicted octanol–water partition coefficient (Wildman–Crippen LogP) is 1.38. The fraction of sp³-hybridized carbons (Fsp3) is 0.769. The first-order chi connectivity index (χ1) is 8.31. The van der Waals surface area contributed by atoms with Gasteiger partial charge in [-0.05, 0) is 44.7 Å². The zero-order valence-corrected chi connectivity index (χ0v) is 11.0. The second-order valence-electron chi connectivity index (χ2n) is 4.92. The van der Waals surface area contributed by atoms with Gasteiger partial charge < -0.3 is 10.6 Å². The molecule has 2 rings (SSSR count). The highest BCUT2D eigenvalue weighted by Crippen LogP contribution is 2.21. The fourth-order valence-corrected chi connectivity index (χ4v) is 2.40. The van der Waals surface area contributed by atoms with E-state index in [1.807, 2.05) is 0 Å². The van der Waals surface area contributed by atoms with Crippen molar-refractivity contribution < 1.29 is 0 Å². The number of nitrogens with zero attached hydrogens (tertiary/aromatic N) is 1. The van der Waals surface area contributed by atoms with Crippen LogP contribution in [0.1, 0.15) is 43.6 Å². The largest absolute Gasteiger partial charge is 0.315 e. The van der Waals surface area contributed by atoms with Gasteiger partial charge in [0.2, 0.25) is 0 Å². The van der Waals surface area contributed by atoms with E-state index in [9.17, 15) is 0 Å². The summed E-state index contributed by atoms with van der Waals surface area (Å²) >= 11 is 0. The van der Waals surface area contributed by atoms with E-state index in [4.69, 9.17) is 0 Å². The van der Waals surface area contributed by atoms with Gasteiger partial charge in [-0.15, -0.1) is 0 Å². The first-order valence-electron chi connectivity index (χ1n) is 6.80. The molecule has 1 aromatic rings. The number of aromatic nitrogens is 2. The Morgan fingerprint density at radius 3 is 3.00 bits per heavy atom. The van der Waals surface area contributed by atoms with Gasteiger partial charge >= 0.3 is 0 Å². The lowest BCUT2D eigenvalue weighted by molar-refractivity contribution is 0.503. The molecule has 1 aliphatic rings. The molecule has 1 unspecified atom stereocenters. The smallest absolute Gasteiger partial charge is 0.0794 e. The molecule has 0 aliphatic heterocycles. The van der Waals surface area contributed by atoms with E-state index in [2.05, 4.69) is 34.7 Å². The highest BCUT2D eigenvalue weighted by molar-refractivity contribution is 5.27. The molecule has 0 amide bonds. The Bertz CT molecular complexity index is 345. The van der Waals surface area contributed by atoms with E-state index >= 15 is 0 Å². The Morgan fingerprint density at radius 2 is 2.18 bits per heavy atom. The molecule has 4 heteroatoms. The molecule has 0 fully saturated rings. The van der Waals surface area contributed by atoms with Crippen molar-refractivity contribution in [1.29, 1.82) is 0 Å². The number of rotatable bonds is 6. The van der Waals surface area contributed by atoms with Crippen molar-refractivity contribution in [1.82, 2.24) is 20.8 Å². The molecule has 17 heavy (non-hydrogen) atoms. The molecule has 1 aromatic heterocycles. The fourth-order valence-electron chi connectivity index (χ4n) is 2.40. The molecule has 1 heterocycles. The maximum absolute atomic E-state index is 4.44. The van der Waals surface area contributed by atoms with E-state index in [0.29, 0.717) is 6.04 Å². The summed E-state index contributed by atoms with van der Waals surface area (Å²) in [5.41, 5.74) is 4.06. The van der Waals surface area contributed by atoms with Gasteiger partial charge in [-0.2, -0.15) is 5.10 Å². The van der Waals surface area contributed by atoms with Crippen LogP contribution in [0.5, 0.6) is 0 Å². The van der Waals surface area contributed by atoms with Crippen molar-refractivity contribution in [2.75, 3.05) is 13.1 Å². The summed E-state index contributed by atoms with van der Waals surface area (Å²) in [6, 6.07) is 0.492. The van der Waals surface area contributed by atoms with Crippen molar-refractivity contribution in [3.8, 4) is 0 Å². The summed E-state index contributed by atoms with van der Waals surface area (Å²) in [4.78, 5) is 0. The number of H-pyrrole nitrogens is 1. The van der Waals surface area contributed by atoms with Gasteiger partial charge in [0.1, 0.15) is 0 Å². The number of aryl methyl sites for hydroxylation is 1. The Labute approximate surface area is 104 Å². The van der Waals surface area contributed by atoms with Crippen molar-refractivity contribution in [3.63, 3.8) is 0 Å². The minimum Gasteiger partial charge on any atom is -0.315 e. The van der Waals surface area contributed by atoms with Crippen LogP contribution in [0.2, 0.25) is 0 Å². The summed E-state index contributed by atoms with van der Waals surface area (Å²) in [5, 5.41) is 14.5. The minimum absolute atomic E-state index is 0.492. The molecule has 4 nitrogen and oxygen atoms in total. The van der Waals surface area contributed by atoms with Crippen LogP contribution in [0.4, 0.5) is 0 Å². The Balaban J connectivity index is 1.84. The molecule has 1 atom stereocenters. The maximum Gasteiger partial charge on any atom is 0.0794 e. The Kier molecular flexibility index (Phi) is 4.57. The van der Waals surface area contributed by atoms with Gasteiger partial charge in [0.25, 0.3) is 0 Å². The molecule has 0 radical (unpaired) electrons. The maximum atomic E-state index is 4.44. The molecular weight excluding hydrogens is 212 g/mol. The summed E-state index contributed by atoms with van der Waals surface area (Å²) in [6.45, 7) is 7.28. The van der Waals surface area contributed by atoms with Crippen LogP contribution >= 0.6 is 0 Å². The predicted molar refractivity (Wildman–Crippen MR) is 70.1 cm³/mol.